The molecule has 1 aliphatic rings. The van der Waals surface area contributed by atoms with Gasteiger partial charge in [0, 0.05) is 16.3 Å². The number of para-hydroxylation sites is 1. The lowest BCUT2D eigenvalue weighted by atomic mass is 10.1. The molecule has 1 saturated heterocycles. The number of aryl methyl sites for hydroxylation is 1. The minimum absolute atomic E-state index is 0.0343. The Morgan fingerprint density at radius 2 is 2.09 bits per heavy atom. The summed E-state index contributed by atoms with van der Waals surface area (Å²) in [7, 11) is -3.09. The van der Waals surface area contributed by atoms with Crippen LogP contribution in [-0.2, 0) is 21.2 Å². The summed E-state index contributed by atoms with van der Waals surface area (Å²) in [6, 6.07) is 13.7. The lowest BCUT2D eigenvalue weighted by molar-refractivity contribution is -0.130. The van der Waals surface area contributed by atoms with Crippen molar-refractivity contribution < 1.29 is 13.2 Å². The molecule has 1 atom stereocenters. The van der Waals surface area contributed by atoms with E-state index in [2.05, 4.69) is 16.3 Å². The SMILES string of the molecule is Cc1cc2nnc(SCC(=O)N(Cc3cccs3)C3CCS(=O)(=O)C3)n2c2ccccc12. The third-order valence-electron chi connectivity index (χ3n) is 5.77. The van der Waals surface area contributed by atoms with E-state index in [1.807, 2.05) is 53.1 Å². The molecule has 0 bridgehead atoms. The van der Waals surface area contributed by atoms with Gasteiger partial charge in [-0.25, -0.2) is 8.42 Å². The van der Waals surface area contributed by atoms with Gasteiger partial charge in [-0.15, -0.1) is 21.5 Å². The maximum atomic E-state index is 13.3. The molecule has 1 amide bonds. The summed E-state index contributed by atoms with van der Waals surface area (Å²) in [5.41, 5.74) is 2.87. The van der Waals surface area contributed by atoms with Crippen LogP contribution in [0.4, 0.5) is 0 Å². The van der Waals surface area contributed by atoms with Crippen LogP contribution in [0.5, 0.6) is 0 Å². The zero-order valence-corrected chi connectivity index (χ0v) is 19.9. The Bertz CT molecular complexity index is 1400. The van der Waals surface area contributed by atoms with Crippen LogP contribution >= 0.6 is 23.1 Å². The molecule has 1 fully saturated rings. The third-order valence-corrected chi connectivity index (χ3v) is 9.30. The first-order valence-electron chi connectivity index (χ1n) is 10.3. The molecule has 0 radical (unpaired) electrons. The number of rotatable bonds is 6. The molecule has 7 nitrogen and oxygen atoms in total. The third kappa shape index (κ3) is 4.14. The van der Waals surface area contributed by atoms with Gasteiger partial charge in [0.05, 0.1) is 29.3 Å². The number of carbonyl (C=O) groups is 1. The van der Waals surface area contributed by atoms with Gasteiger partial charge in [-0.1, -0.05) is 36.0 Å². The molecule has 4 aromatic rings. The van der Waals surface area contributed by atoms with Gasteiger partial charge in [0.2, 0.25) is 5.91 Å². The van der Waals surface area contributed by atoms with Gasteiger partial charge in [0.25, 0.3) is 0 Å². The number of amides is 1. The van der Waals surface area contributed by atoms with Gasteiger partial charge in [0.15, 0.2) is 20.6 Å². The Balaban J connectivity index is 1.41. The number of fused-ring (bicyclic) bond motifs is 3. The van der Waals surface area contributed by atoms with Crippen molar-refractivity contribution in [3.05, 3.63) is 58.3 Å². The van der Waals surface area contributed by atoms with Gasteiger partial charge >= 0.3 is 0 Å². The summed E-state index contributed by atoms with van der Waals surface area (Å²) < 4.78 is 26.1. The van der Waals surface area contributed by atoms with Gasteiger partial charge in [-0.2, -0.15) is 0 Å². The number of hydrogen-bond donors (Lipinski definition) is 0. The fraction of sp³-hybridized carbons (Fsp3) is 0.318. The number of nitrogens with zero attached hydrogens (tertiary/aromatic N) is 4. The van der Waals surface area contributed by atoms with Crippen molar-refractivity contribution in [1.29, 1.82) is 0 Å². The quantitative estimate of drug-likeness (QED) is 0.388. The van der Waals surface area contributed by atoms with Crippen molar-refractivity contribution in [2.75, 3.05) is 17.3 Å². The van der Waals surface area contributed by atoms with Crippen LogP contribution in [-0.4, -0.2) is 57.1 Å². The molecular formula is C22H22N4O3S3. The molecule has 3 aromatic heterocycles. The monoisotopic (exact) mass is 486 g/mol. The molecule has 0 saturated carbocycles. The van der Waals surface area contributed by atoms with Crippen LogP contribution in [0, 0.1) is 6.92 Å². The van der Waals surface area contributed by atoms with Crippen molar-refractivity contribution in [1.82, 2.24) is 19.5 Å². The van der Waals surface area contributed by atoms with Crippen molar-refractivity contribution >= 4 is 55.4 Å². The van der Waals surface area contributed by atoms with Crippen LogP contribution in [0.25, 0.3) is 16.6 Å². The van der Waals surface area contributed by atoms with Crippen LogP contribution in [0.2, 0.25) is 0 Å². The second-order valence-corrected chi connectivity index (χ2v) is 12.2. The topological polar surface area (TPSA) is 84.6 Å². The number of thioether (sulfide) groups is 1. The van der Waals surface area contributed by atoms with E-state index < -0.39 is 9.84 Å². The highest BCUT2D eigenvalue weighted by atomic mass is 32.2. The number of benzene rings is 1. The Morgan fingerprint density at radius 1 is 1.25 bits per heavy atom. The lowest BCUT2D eigenvalue weighted by Gasteiger charge is -2.27. The number of pyridine rings is 1. The molecule has 1 aliphatic heterocycles. The van der Waals surface area contributed by atoms with E-state index in [0.29, 0.717) is 18.1 Å². The largest absolute Gasteiger partial charge is 0.333 e. The van der Waals surface area contributed by atoms with Gasteiger partial charge in [-0.3, -0.25) is 9.20 Å². The molecule has 5 rings (SSSR count). The average Bonchev–Trinajstić information content (AvgIpc) is 3.50. The standard InChI is InChI=1S/C22H22N4O3S3/c1-15-11-20-23-24-22(26(20)19-7-3-2-6-18(15)19)31-13-21(27)25(12-17-5-4-9-30-17)16-8-10-32(28,29)14-16/h2-7,9,11,16H,8,10,12-14H2,1H3. The lowest BCUT2D eigenvalue weighted by Crippen LogP contribution is -2.41. The van der Waals surface area contributed by atoms with E-state index >= 15 is 0 Å². The molecule has 4 heterocycles. The minimum atomic E-state index is -3.09. The zero-order valence-electron chi connectivity index (χ0n) is 17.5. The summed E-state index contributed by atoms with van der Waals surface area (Å²) in [5.74, 6) is 0.259. The van der Waals surface area contributed by atoms with E-state index in [0.717, 1.165) is 27.0 Å². The highest BCUT2D eigenvalue weighted by molar-refractivity contribution is 7.99. The fourth-order valence-electron chi connectivity index (χ4n) is 4.19. The highest BCUT2D eigenvalue weighted by Crippen LogP contribution is 2.27. The van der Waals surface area contributed by atoms with E-state index in [-0.39, 0.29) is 29.2 Å². The Hall–Kier alpha value is -2.43. The smallest absolute Gasteiger partial charge is 0.233 e. The van der Waals surface area contributed by atoms with Crippen molar-refractivity contribution in [3.8, 4) is 0 Å². The van der Waals surface area contributed by atoms with E-state index in [9.17, 15) is 13.2 Å². The molecule has 0 aliphatic carbocycles. The summed E-state index contributed by atoms with van der Waals surface area (Å²) in [6.45, 7) is 2.48. The predicted molar refractivity (Wildman–Crippen MR) is 128 cm³/mol. The Labute approximate surface area is 194 Å². The first-order chi connectivity index (χ1) is 15.4. The Kier molecular flexibility index (Phi) is 5.68. The van der Waals surface area contributed by atoms with E-state index in [1.165, 1.54) is 11.8 Å². The number of hydrogen-bond acceptors (Lipinski definition) is 7. The van der Waals surface area contributed by atoms with E-state index in [4.69, 9.17) is 0 Å². The maximum Gasteiger partial charge on any atom is 0.233 e. The second kappa shape index (κ2) is 8.49. The molecule has 166 valence electrons. The zero-order chi connectivity index (χ0) is 22.3. The van der Waals surface area contributed by atoms with Crippen LogP contribution < -0.4 is 0 Å². The molecule has 32 heavy (non-hydrogen) atoms. The number of carbonyl (C=O) groups excluding carboxylic acids is 1. The molecule has 0 N–H and O–H groups in total. The maximum absolute atomic E-state index is 13.3. The minimum Gasteiger partial charge on any atom is -0.333 e. The molecular weight excluding hydrogens is 464 g/mol. The van der Waals surface area contributed by atoms with Crippen LogP contribution in [0.3, 0.4) is 0 Å². The van der Waals surface area contributed by atoms with Crippen molar-refractivity contribution in [2.45, 2.75) is 31.1 Å². The second-order valence-electron chi connectivity index (χ2n) is 7.97. The molecule has 1 unspecified atom stereocenters. The highest BCUT2D eigenvalue weighted by Gasteiger charge is 2.35. The first-order valence-corrected chi connectivity index (χ1v) is 14.0. The van der Waals surface area contributed by atoms with Gasteiger partial charge in [-0.05, 0) is 42.5 Å². The summed E-state index contributed by atoms with van der Waals surface area (Å²) in [6.07, 6.45) is 0.488. The summed E-state index contributed by atoms with van der Waals surface area (Å²) in [5, 5.41) is 12.4. The normalized spacial score (nSPS) is 17.8. The number of sulfone groups is 1. The fourth-order valence-corrected chi connectivity index (χ4v) is 7.46. The summed E-state index contributed by atoms with van der Waals surface area (Å²) >= 11 is 2.91. The predicted octanol–water partition coefficient (Wildman–Crippen LogP) is 3.56. The van der Waals surface area contributed by atoms with Crippen molar-refractivity contribution in [3.63, 3.8) is 0 Å². The van der Waals surface area contributed by atoms with Gasteiger partial charge in [0.1, 0.15) is 0 Å². The average molecular weight is 487 g/mol. The molecule has 10 heteroatoms. The Morgan fingerprint density at radius 3 is 2.84 bits per heavy atom. The van der Waals surface area contributed by atoms with E-state index in [1.54, 1.807) is 16.2 Å². The number of aromatic nitrogens is 3. The number of thiophene rings is 1. The first kappa shape index (κ1) is 21.4. The molecule has 0 spiro atoms. The van der Waals surface area contributed by atoms with Crippen LogP contribution in [0.1, 0.15) is 16.9 Å². The molecule has 1 aromatic carbocycles. The van der Waals surface area contributed by atoms with Gasteiger partial charge < -0.3 is 4.90 Å². The van der Waals surface area contributed by atoms with Crippen LogP contribution in [0.15, 0.2) is 53.0 Å². The van der Waals surface area contributed by atoms with Crippen molar-refractivity contribution in [2.24, 2.45) is 0 Å². The summed E-state index contributed by atoms with van der Waals surface area (Å²) in [4.78, 5) is 16.0.